The van der Waals surface area contributed by atoms with E-state index in [1.54, 1.807) is 12.1 Å². The van der Waals surface area contributed by atoms with Gasteiger partial charge in [0.15, 0.2) is 0 Å². The molecule has 3 rings (SSSR count). The first-order chi connectivity index (χ1) is 11.7. The summed E-state index contributed by atoms with van der Waals surface area (Å²) in [5.41, 5.74) is 1.96. The fourth-order valence-corrected chi connectivity index (χ4v) is 3.44. The maximum atomic E-state index is 12.2. The second kappa shape index (κ2) is 8.32. The number of halogens is 1. The van der Waals surface area contributed by atoms with Crippen molar-refractivity contribution in [3.05, 3.63) is 70.7 Å². The molecule has 2 aromatic rings. The van der Waals surface area contributed by atoms with Gasteiger partial charge in [-0.3, -0.25) is 9.69 Å². The van der Waals surface area contributed by atoms with E-state index in [2.05, 4.69) is 40.5 Å². The third kappa shape index (κ3) is 4.59. The molecule has 1 amide bonds. The summed E-state index contributed by atoms with van der Waals surface area (Å²) < 4.78 is 0. The number of hydrogen-bond acceptors (Lipinski definition) is 2. The first kappa shape index (κ1) is 17.0. The summed E-state index contributed by atoms with van der Waals surface area (Å²) in [7, 11) is 0. The smallest absolute Gasteiger partial charge is 0.253 e. The molecule has 2 aromatic carbocycles. The van der Waals surface area contributed by atoms with Gasteiger partial charge in [-0.2, -0.15) is 0 Å². The quantitative estimate of drug-likeness (QED) is 0.891. The molecule has 0 atom stereocenters. The Morgan fingerprint density at radius 2 is 1.71 bits per heavy atom. The minimum absolute atomic E-state index is 0.105. The molecule has 0 radical (unpaired) electrons. The van der Waals surface area contributed by atoms with Crippen molar-refractivity contribution < 1.29 is 4.79 Å². The van der Waals surface area contributed by atoms with Crippen LogP contribution in [0.2, 0.25) is 5.02 Å². The molecule has 1 fully saturated rings. The zero-order valence-electron chi connectivity index (χ0n) is 13.7. The van der Waals surface area contributed by atoms with Gasteiger partial charge in [0, 0.05) is 13.1 Å². The van der Waals surface area contributed by atoms with Crippen LogP contribution in [0.5, 0.6) is 0 Å². The van der Waals surface area contributed by atoms with Crippen molar-refractivity contribution in [3.8, 4) is 0 Å². The molecule has 0 unspecified atom stereocenters. The number of likely N-dealkylation sites (tertiary alicyclic amines) is 1. The molecule has 0 spiro atoms. The van der Waals surface area contributed by atoms with E-state index < -0.39 is 0 Å². The van der Waals surface area contributed by atoms with E-state index in [0.717, 1.165) is 25.4 Å². The Labute approximate surface area is 148 Å². The highest BCUT2D eigenvalue weighted by atomic mass is 35.5. The largest absolute Gasteiger partial charge is 0.339 e. The minimum Gasteiger partial charge on any atom is -0.339 e. The molecule has 0 aromatic heterocycles. The van der Waals surface area contributed by atoms with Gasteiger partial charge in [0.2, 0.25) is 0 Å². The lowest BCUT2D eigenvalue weighted by atomic mass is 9.90. The number of carbonyl (C=O) groups is 1. The van der Waals surface area contributed by atoms with Crippen LogP contribution in [0.15, 0.2) is 54.6 Å². The van der Waals surface area contributed by atoms with Crippen molar-refractivity contribution >= 4 is 17.5 Å². The molecule has 0 bridgehead atoms. The van der Waals surface area contributed by atoms with Crippen LogP contribution < -0.4 is 5.32 Å². The molecular formula is C20H23ClN2O. The Bertz CT molecular complexity index is 666. The predicted molar refractivity (Wildman–Crippen MR) is 98.2 cm³/mol. The second-order valence-electron chi connectivity index (χ2n) is 6.39. The van der Waals surface area contributed by atoms with E-state index in [1.807, 2.05) is 12.1 Å². The highest BCUT2D eigenvalue weighted by Gasteiger charge is 2.20. The number of nitrogens with zero attached hydrogens (tertiary/aromatic N) is 1. The normalized spacial score (nSPS) is 16.0. The Kier molecular flexibility index (Phi) is 5.89. The van der Waals surface area contributed by atoms with E-state index in [9.17, 15) is 4.79 Å². The first-order valence-corrected chi connectivity index (χ1v) is 8.89. The average Bonchev–Trinajstić information content (AvgIpc) is 2.62. The number of piperidine rings is 1. The third-order valence-corrected chi connectivity index (χ3v) is 4.99. The van der Waals surface area contributed by atoms with Crippen molar-refractivity contribution in [2.75, 3.05) is 19.8 Å². The van der Waals surface area contributed by atoms with Gasteiger partial charge in [-0.15, -0.1) is 0 Å². The summed E-state index contributed by atoms with van der Waals surface area (Å²) in [5.74, 6) is 0.634. The van der Waals surface area contributed by atoms with Gasteiger partial charge in [-0.25, -0.2) is 0 Å². The van der Waals surface area contributed by atoms with E-state index in [0.29, 0.717) is 17.3 Å². The maximum Gasteiger partial charge on any atom is 0.253 e. The maximum absolute atomic E-state index is 12.2. The van der Waals surface area contributed by atoms with Gasteiger partial charge in [0.1, 0.15) is 0 Å². The van der Waals surface area contributed by atoms with E-state index in [-0.39, 0.29) is 5.91 Å². The zero-order valence-corrected chi connectivity index (χ0v) is 14.5. The van der Waals surface area contributed by atoms with Crippen molar-refractivity contribution in [2.45, 2.75) is 19.3 Å². The highest BCUT2D eigenvalue weighted by molar-refractivity contribution is 6.33. The lowest BCUT2D eigenvalue weighted by molar-refractivity contribution is 0.0903. The lowest BCUT2D eigenvalue weighted by Gasteiger charge is -2.32. The molecule has 0 saturated carbocycles. The average molecular weight is 343 g/mol. The SMILES string of the molecule is O=C(NCN1CCC(Cc2ccccc2)CC1)c1ccccc1Cl. The predicted octanol–water partition coefficient (Wildman–Crippen LogP) is 3.98. The molecule has 1 heterocycles. The number of benzene rings is 2. The second-order valence-corrected chi connectivity index (χ2v) is 6.80. The molecule has 3 nitrogen and oxygen atoms in total. The fourth-order valence-electron chi connectivity index (χ4n) is 3.22. The van der Waals surface area contributed by atoms with Gasteiger partial charge >= 0.3 is 0 Å². The molecule has 126 valence electrons. The topological polar surface area (TPSA) is 32.3 Å². The summed E-state index contributed by atoms with van der Waals surface area (Å²) in [6.45, 7) is 2.64. The number of hydrogen-bond donors (Lipinski definition) is 1. The summed E-state index contributed by atoms with van der Waals surface area (Å²) in [5, 5.41) is 3.47. The molecule has 1 aliphatic rings. The molecular weight excluding hydrogens is 320 g/mol. The van der Waals surface area contributed by atoms with E-state index >= 15 is 0 Å². The Balaban J connectivity index is 1.43. The van der Waals surface area contributed by atoms with Gasteiger partial charge in [-0.1, -0.05) is 54.1 Å². The Morgan fingerprint density at radius 3 is 2.42 bits per heavy atom. The first-order valence-electron chi connectivity index (χ1n) is 8.51. The number of amides is 1. The lowest BCUT2D eigenvalue weighted by Crippen LogP contribution is -2.42. The molecule has 24 heavy (non-hydrogen) atoms. The monoisotopic (exact) mass is 342 g/mol. The summed E-state index contributed by atoms with van der Waals surface area (Å²) >= 11 is 6.06. The highest BCUT2D eigenvalue weighted by Crippen LogP contribution is 2.21. The number of carbonyl (C=O) groups excluding carboxylic acids is 1. The van der Waals surface area contributed by atoms with Crippen LogP contribution in [0.1, 0.15) is 28.8 Å². The third-order valence-electron chi connectivity index (χ3n) is 4.66. The molecule has 1 N–H and O–H groups in total. The van der Waals surface area contributed by atoms with Gasteiger partial charge in [0.05, 0.1) is 17.3 Å². The molecule has 1 saturated heterocycles. The fraction of sp³-hybridized carbons (Fsp3) is 0.350. The van der Waals surface area contributed by atoms with Crippen LogP contribution in [0, 0.1) is 5.92 Å². The molecule has 4 heteroatoms. The summed E-state index contributed by atoms with van der Waals surface area (Å²) in [6, 6.07) is 17.8. The standard InChI is InChI=1S/C20H23ClN2O/c21-19-9-5-4-8-18(19)20(24)22-15-23-12-10-17(11-13-23)14-16-6-2-1-3-7-16/h1-9,17H,10-15H2,(H,22,24). The number of nitrogens with one attached hydrogen (secondary N) is 1. The Hall–Kier alpha value is -1.84. The number of rotatable bonds is 5. The van der Waals surface area contributed by atoms with Crippen molar-refractivity contribution in [2.24, 2.45) is 5.92 Å². The van der Waals surface area contributed by atoms with Crippen molar-refractivity contribution in [1.82, 2.24) is 10.2 Å². The van der Waals surface area contributed by atoms with Crippen LogP contribution in [0.4, 0.5) is 0 Å². The summed E-state index contributed by atoms with van der Waals surface area (Å²) in [6.07, 6.45) is 3.51. The molecule has 0 aliphatic carbocycles. The van der Waals surface area contributed by atoms with Gasteiger partial charge in [0.25, 0.3) is 5.91 Å². The summed E-state index contributed by atoms with van der Waals surface area (Å²) in [4.78, 5) is 14.5. The van der Waals surface area contributed by atoms with Crippen molar-refractivity contribution in [1.29, 1.82) is 0 Å². The molecule has 1 aliphatic heterocycles. The van der Waals surface area contributed by atoms with Gasteiger partial charge < -0.3 is 5.32 Å². The zero-order chi connectivity index (χ0) is 16.8. The Morgan fingerprint density at radius 1 is 1.04 bits per heavy atom. The van der Waals surface area contributed by atoms with Crippen LogP contribution in [-0.2, 0) is 6.42 Å². The van der Waals surface area contributed by atoms with Crippen LogP contribution >= 0.6 is 11.6 Å². The van der Waals surface area contributed by atoms with E-state index in [1.165, 1.54) is 18.4 Å². The van der Waals surface area contributed by atoms with Crippen LogP contribution in [0.3, 0.4) is 0 Å². The minimum atomic E-state index is -0.105. The van der Waals surface area contributed by atoms with Gasteiger partial charge in [-0.05, 0) is 42.9 Å². The van der Waals surface area contributed by atoms with E-state index in [4.69, 9.17) is 11.6 Å². The van der Waals surface area contributed by atoms with Crippen LogP contribution in [-0.4, -0.2) is 30.6 Å². The van der Waals surface area contributed by atoms with Crippen LogP contribution in [0.25, 0.3) is 0 Å². The van der Waals surface area contributed by atoms with Crippen molar-refractivity contribution in [3.63, 3.8) is 0 Å².